The van der Waals surface area contributed by atoms with Crippen LogP contribution in [0.25, 0.3) is 11.0 Å². The van der Waals surface area contributed by atoms with Crippen LogP contribution in [0.4, 0.5) is 32.0 Å². The van der Waals surface area contributed by atoms with E-state index in [9.17, 15) is 26.3 Å². The highest BCUT2D eigenvalue weighted by atomic mass is 19.4. The number of aromatic nitrogens is 2. The van der Waals surface area contributed by atoms with E-state index in [1.165, 1.54) is 18.2 Å². The molecule has 9 heteroatoms. The fourth-order valence-electron chi connectivity index (χ4n) is 1.83. The van der Waals surface area contributed by atoms with Gasteiger partial charge in [-0.05, 0) is 18.2 Å². The first-order valence-corrected chi connectivity index (χ1v) is 5.47. The number of aryl methyl sites for hydroxylation is 1. The molecule has 0 amide bonds. The first kappa shape index (κ1) is 14.5. The zero-order valence-electron chi connectivity index (χ0n) is 9.89. The molecule has 1 aromatic heterocycles. The topological polar surface area (TPSA) is 43.8 Å². The van der Waals surface area contributed by atoms with Crippen molar-refractivity contribution in [2.45, 2.75) is 25.3 Å². The summed E-state index contributed by atoms with van der Waals surface area (Å²) in [7, 11) is 0. The number of alkyl halides is 6. The van der Waals surface area contributed by atoms with Crippen LogP contribution in [0.5, 0.6) is 0 Å². The molecule has 110 valence electrons. The molecule has 0 atom stereocenters. The number of imidazole rings is 1. The SMILES string of the molecule is Nc1ccc2c(c1)nc(C(F)(F)F)n2CCC(F)(F)F. The highest BCUT2D eigenvalue weighted by molar-refractivity contribution is 5.79. The van der Waals surface area contributed by atoms with E-state index in [4.69, 9.17) is 5.73 Å². The number of anilines is 1. The largest absolute Gasteiger partial charge is 0.449 e. The summed E-state index contributed by atoms with van der Waals surface area (Å²) in [5.74, 6) is -1.36. The highest BCUT2D eigenvalue weighted by Crippen LogP contribution is 2.33. The maximum atomic E-state index is 12.8. The third kappa shape index (κ3) is 2.97. The lowest BCUT2D eigenvalue weighted by Crippen LogP contribution is -2.18. The number of halogens is 6. The molecule has 1 heterocycles. The van der Waals surface area contributed by atoms with Crippen LogP contribution in [-0.2, 0) is 12.7 Å². The Morgan fingerprint density at radius 3 is 2.30 bits per heavy atom. The van der Waals surface area contributed by atoms with Gasteiger partial charge in [-0.1, -0.05) is 0 Å². The summed E-state index contributed by atoms with van der Waals surface area (Å²) in [5.41, 5.74) is 5.50. The van der Waals surface area contributed by atoms with Crippen LogP contribution in [0.3, 0.4) is 0 Å². The van der Waals surface area contributed by atoms with Gasteiger partial charge in [-0.25, -0.2) is 4.98 Å². The van der Waals surface area contributed by atoms with Crippen LogP contribution in [0.1, 0.15) is 12.2 Å². The van der Waals surface area contributed by atoms with Gasteiger partial charge in [0.25, 0.3) is 0 Å². The fraction of sp³-hybridized carbons (Fsp3) is 0.364. The Bertz CT molecular complexity index is 625. The number of nitrogens with zero attached hydrogens (tertiary/aromatic N) is 2. The van der Waals surface area contributed by atoms with Gasteiger partial charge < -0.3 is 10.3 Å². The van der Waals surface area contributed by atoms with Gasteiger partial charge in [-0.2, -0.15) is 26.3 Å². The summed E-state index contributed by atoms with van der Waals surface area (Å²) >= 11 is 0. The van der Waals surface area contributed by atoms with Crippen LogP contribution in [-0.4, -0.2) is 15.7 Å². The molecule has 0 spiro atoms. The molecule has 0 aliphatic carbocycles. The lowest BCUT2D eigenvalue weighted by Gasteiger charge is -2.12. The third-order valence-corrected chi connectivity index (χ3v) is 2.64. The van der Waals surface area contributed by atoms with Crippen molar-refractivity contribution in [1.82, 2.24) is 9.55 Å². The predicted molar refractivity (Wildman–Crippen MR) is 59.8 cm³/mol. The van der Waals surface area contributed by atoms with Crippen molar-refractivity contribution in [3.8, 4) is 0 Å². The van der Waals surface area contributed by atoms with E-state index in [0.29, 0.717) is 4.57 Å². The van der Waals surface area contributed by atoms with Crippen molar-refractivity contribution < 1.29 is 26.3 Å². The summed E-state index contributed by atoms with van der Waals surface area (Å²) < 4.78 is 75.6. The molecule has 20 heavy (non-hydrogen) atoms. The maximum Gasteiger partial charge on any atom is 0.449 e. The quantitative estimate of drug-likeness (QED) is 0.680. The third-order valence-electron chi connectivity index (χ3n) is 2.64. The highest BCUT2D eigenvalue weighted by Gasteiger charge is 2.38. The second kappa shape index (κ2) is 4.57. The molecule has 0 unspecified atom stereocenters. The minimum Gasteiger partial charge on any atom is -0.399 e. The molecule has 2 aromatic rings. The van der Waals surface area contributed by atoms with Crippen molar-refractivity contribution in [3.05, 3.63) is 24.0 Å². The number of nitrogen functional groups attached to an aromatic ring is 1. The molecule has 0 aliphatic heterocycles. The van der Waals surface area contributed by atoms with Gasteiger partial charge in [0.1, 0.15) is 0 Å². The summed E-state index contributed by atoms with van der Waals surface area (Å²) in [5, 5.41) is 0. The average molecular weight is 297 g/mol. The van der Waals surface area contributed by atoms with E-state index in [1.54, 1.807) is 0 Å². The van der Waals surface area contributed by atoms with Crippen LogP contribution in [0.2, 0.25) is 0 Å². The molecule has 0 saturated carbocycles. The summed E-state index contributed by atoms with van der Waals surface area (Å²) in [6.07, 6.45) is -10.8. The molecule has 0 aliphatic rings. The second-order valence-electron chi connectivity index (χ2n) is 4.20. The molecule has 0 fully saturated rings. The predicted octanol–water partition coefficient (Wildman–Crippen LogP) is 3.59. The number of rotatable bonds is 2. The van der Waals surface area contributed by atoms with Crippen molar-refractivity contribution in [1.29, 1.82) is 0 Å². The van der Waals surface area contributed by atoms with Gasteiger partial charge in [-0.3, -0.25) is 0 Å². The van der Waals surface area contributed by atoms with E-state index in [0.717, 1.165) is 0 Å². The van der Waals surface area contributed by atoms with Crippen LogP contribution >= 0.6 is 0 Å². The Kier molecular flexibility index (Phi) is 3.31. The molecule has 0 saturated heterocycles. The normalized spacial score (nSPS) is 13.1. The molecule has 0 bridgehead atoms. The lowest BCUT2D eigenvalue weighted by molar-refractivity contribution is -0.152. The van der Waals surface area contributed by atoms with Crippen LogP contribution in [0, 0.1) is 0 Å². The summed E-state index contributed by atoms with van der Waals surface area (Å²) in [6, 6.07) is 3.73. The summed E-state index contributed by atoms with van der Waals surface area (Å²) in [4.78, 5) is 3.34. The van der Waals surface area contributed by atoms with Gasteiger partial charge in [0.2, 0.25) is 5.82 Å². The van der Waals surface area contributed by atoms with Crippen molar-refractivity contribution in [2.24, 2.45) is 0 Å². The van der Waals surface area contributed by atoms with E-state index in [1.807, 2.05) is 0 Å². The molecule has 0 radical (unpaired) electrons. The van der Waals surface area contributed by atoms with Gasteiger partial charge in [0, 0.05) is 12.2 Å². The first-order valence-electron chi connectivity index (χ1n) is 5.47. The first-order chi connectivity index (χ1) is 9.08. The molecular formula is C11H9F6N3. The maximum absolute atomic E-state index is 12.8. The standard InChI is InChI=1S/C11H9F6N3/c12-10(13,14)3-4-20-8-2-1-6(18)5-7(8)19-9(20)11(15,16)17/h1-2,5H,3-4,18H2. The number of benzene rings is 1. The number of hydrogen-bond donors (Lipinski definition) is 1. The molecule has 3 nitrogen and oxygen atoms in total. The minimum absolute atomic E-state index is 0.0317. The number of nitrogens with two attached hydrogens (primary N) is 1. The van der Waals surface area contributed by atoms with Crippen molar-refractivity contribution in [2.75, 3.05) is 5.73 Å². The Hall–Kier alpha value is -1.93. The monoisotopic (exact) mass is 297 g/mol. The minimum atomic E-state index is -4.83. The average Bonchev–Trinajstić information content (AvgIpc) is 2.62. The van der Waals surface area contributed by atoms with E-state index >= 15 is 0 Å². The Morgan fingerprint density at radius 1 is 1.10 bits per heavy atom. The molecule has 1 aromatic carbocycles. The summed E-state index contributed by atoms with van der Waals surface area (Å²) in [6.45, 7) is -0.848. The lowest BCUT2D eigenvalue weighted by atomic mass is 10.3. The van der Waals surface area contributed by atoms with Crippen molar-refractivity contribution >= 4 is 16.7 Å². The van der Waals surface area contributed by atoms with E-state index in [2.05, 4.69) is 4.98 Å². The van der Waals surface area contributed by atoms with E-state index < -0.39 is 31.1 Å². The Labute approximate surface area is 109 Å². The number of fused-ring (bicyclic) bond motifs is 1. The molecule has 2 rings (SSSR count). The van der Waals surface area contributed by atoms with Gasteiger partial charge in [0.15, 0.2) is 0 Å². The second-order valence-corrected chi connectivity index (χ2v) is 4.20. The zero-order valence-corrected chi connectivity index (χ0v) is 9.89. The van der Waals surface area contributed by atoms with E-state index in [-0.39, 0.29) is 16.7 Å². The Balaban J connectivity index is 2.53. The van der Waals surface area contributed by atoms with Gasteiger partial charge in [0.05, 0.1) is 17.5 Å². The Morgan fingerprint density at radius 2 is 1.75 bits per heavy atom. The number of hydrogen-bond acceptors (Lipinski definition) is 2. The van der Waals surface area contributed by atoms with Gasteiger partial charge >= 0.3 is 12.4 Å². The van der Waals surface area contributed by atoms with Crippen molar-refractivity contribution in [3.63, 3.8) is 0 Å². The smallest absolute Gasteiger partial charge is 0.399 e. The van der Waals surface area contributed by atoms with Gasteiger partial charge in [-0.15, -0.1) is 0 Å². The molecule has 2 N–H and O–H groups in total. The zero-order chi connectivity index (χ0) is 15.1. The fourth-order valence-corrected chi connectivity index (χ4v) is 1.83. The van der Waals surface area contributed by atoms with Crippen LogP contribution < -0.4 is 5.73 Å². The molecular weight excluding hydrogens is 288 g/mol. The van der Waals surface area contributed by atoms with Crippen LogP contribution in [0.15, 0.2) is 18.2 Å².